The van der Waals surface area contributed by atoms with Crippen LogP contribution in [0.15, 0.2) is 53.4 Å². The predicted molar refractivity (Wildman–Crippen MR) is 115 cm³/mol. The van der Waals surface area contributed by atoms with E-state index in [1.165, 1.54) is 12.1 Å². The summed E-state index contributed by atoms with van der Waals surface area (Å²) in [6.45, 7) is 6.91. The van der Waals surface area contributed by atoms with Crippen LogP contribution in [0.25, 0.3) is 0 Å². The molecule has 1 N–H and O–H groups in total. The van der Waals surface area contributed by atoms with Gasteiger partial charge in [0.25, 0.3) is 0 Å². The van der Waals surface area contributed by atoms with Gasteiger partial charge in [0.1, 0.15) is 22.7 Å². The average Bonchev–Trinajstić information content (AvgIpc) is 3.30. The Morgan fingerprint density at radius 1 is 1.10 bits per heavy atom. The Bertz CT molecular complexity index is 1060. The highest BCUT2D eigenvalue weighted by atomic mass is 35.5. The highest BCUT2D eigenvalue weighted by molar-refractivity contribution is 7.92. The van der Waals surface area contributed by atoms with Gasteiger partial charge in [0.15, 0.2) is 9.84 Å². The molecule has 3 rings (SSSR count). The van der Waals surface area contributed by atoms with Crippen molar-refractivity contribution in [3.63, 3.8) is 0 Å². The number of hydrogen-bond acceptors (Lipinski definition) is 5. The number of sulfone groups is 1. The van der Waals surface area contributed by atoms with E-state index in [1.807, 2.05) is 6.92 Å². The third-order valence-electron chi connectivity index (χ3n) is 5.00. The van der Waals surface area contributed by atoms with Crippen LogP contribution in [0.3, 0.4) is 0 Å². The first-order valence-electron chi connectivity index (χ1n) is 9.44. The molecule has 8 heteroatoms. The molecule has 1 amide bonds. The highest BCUT2D eigenvalue weighted by Gasteiger charge is 2.73. The van der Waals surface area contributed by atoms with Crippen LogP contribution in [0.5, 0.6) is 0 Å². The largest absolute Gasteiger partial charge is 0.444 e. The van der Waals surface area contributed by atoms with Crippen molar-refractivity contribution in [2.45, 2.75) is 54.9 Å². The zero-order valence-corrected chi connectivity index (χ0v) is 18.8. The summed E-state index contributed by atoms with van der Waals surface area (Å²) in [6, 6.07) is 12.9. The summed E-state index contributed by atoms with van der Waals surface area (Å²) in [4.78, 5) is 24.8. The number of rotatable bonds is 5. The van der Waals surface area contributed by atoms with E-state index in [4.69, 9.17) is 16.3 Å². The van der Waals surface area contributed by atoms with Gasteiger partial charge in [0, 0.05) is 10.9 Å². The second-order valence-corrected chi connectivity index (χ2v) is 11.0. The first-order chi connectivity index (χ1) is 13.9. The zero-order valence-electron chi connectivity index (χ0n) is 17.2. The quantitative estimate of drug-likeness (QED) is 0.695. The van der Waals surface area contributed by atoms with Crippen molar-refractivity contribution in [2.75, 3.05) is 0 Å². The van der Waals surface area contributed by atoms with Crippen LogP contribution in [0, 0.1) is 6.92 Å². The second-order valence-electron chi connectivity index (χ2n) is 8.49. The van der Waals surface area contributed by atoms with Crippen molar-refractivity contribution < 1.29 is 22.7 Å². The van der Waals surface area contributed by atoms with Crippen LogP contribution < -0.4 is 5.32 Å². The topological polar surface area (TPSA) is 89.5 Å². The Labute approximate surface area is 181 Å². The van der Waals surface area contributed by atoms with E-state index in [1.54, 1.807) is 57.2 Å². The standard InChI is InChI=1S/C22H24ClNO5S/c1-14-5-11-17(12-6-14)30(27,28)19-18(15-7-9-16(23)10-8-15)22(19,13-25)24-20(26)29-21(2,3)4/h5-13,18-19H,1-4H3,(H,24,26)/t18-,19-,22-/m1/s1. The fourth-order valence-corrected chi connectivity index (χ4v) is 5.98. The van der Waals surface area contributed by atoms with Gasteiger partial charge in [-0.25, -0.2) is 13.2 Å². The molecule has 0 heterocycles. The lowest BCUT2D eigenvalue weighted by atomic mass is 10.1. The smallest absolute Gasteiger partial charge is 0.408 e. The van der Waals surface area contributed by atoms with E-state index in [0.29, 0.717) is 16.9 Å². The summed E-state index contributed by atoms with van der Waals surface area (Å²) < 4.78 is 32.1. The minimum atomic E-state index is -3.93. The van der Waals surface area contributed by atoms with E-state index in [0.717, 1.165) is 5.56 Å². The van der Waals surface area contributed by atoms with Gasteiger partial charge in [-0.2, -0.15) is 0 Å². The fourth-order valence-electron chi connectivity index (χ4n) is 3.60. The number of aldehydes is 1. The minimum Gasteiger partial charge on any atom is -0.444 e. The van der Waals surface area contributed by atoms with Gasteiger partial charge in [-0.15, -0.1) is 0 Å². The van der Waals surface area contributed by atoms with Gasteiger partial charge < -0.3 is 14.8 Å². The normalized spacial score (nSPS) is 23.5. The van der Waals surface area contributed by atoms with E-state index in [9.17, 15) is 18.0 Å². The predicted octanol–water partition coefficient (Wildman–Crippen LogP) is 4.05. The molecular weight excluding hydrogens is 426 g/mol. The maximum Gasteiger partial charge on any atom is 0.408 e. The number of carbonyl (C=O) groups is 2. The average molecular weight is 450 g/mol. The molecule has 1 saturated carbocycles. The molecule has 2 aromatic rings. The van der Waals surface area contributed by atoms with Crippen LogP contribution in [0.2, 0.25) is 5.02 Å². The number of alkyl carbamates (subject to hydrolysis) is 1. The first kappa shape index (κ1) is 22.3. The maximum atomic E-state index is 13.4. The molecule has 1 aliphatic rings. The molecule has 6 nitrogen and oxygen atoms in total. The number of aryl methyl sites for hydroxylation is 1. The number of halogens is 1. The molecule has 0 bridgehead atoms. The van der Waals surface area contributed by atoms with Crippen LogP contribution in [0.1, 0.15) is 37.8 Å². The molecule has 1 fully saturated rings. The lowest BCUT2D eigenvalue weighted by molar-refractivity contribution is -0.110. The molecule has 0 spiro atoms. The Kier molecular flexibility index (Phi) is 5.73. The van der Waals surface area contributed by atoms with Crippen LogP contribution in [-0.2, 0) is 19.4 Å². The second kappa shape index (κ2) is 7.71. The van der Waals surface area contributed by atoms with Crippen molar-refractivity contribution in [3.8, 4) is 0 Å². The summed E-state index contributed by atoms with van der Waals surface area (Å²) in [5.41, 5.74) is -0.944. The molecule has 30 heavy (non-hydrogen) atoms. The summed E-state index contributed by atoms with van der Waals surface area (Å²) in [6.07, 6.45) is -0.359. The van der Waals surface area contributed by atoms with Crippen molar-refractivity contribution >= 4 is 33.8 Å². The van der Waals surface area contributed by atoms with Crippen molar-refractivity contribution in [1.82, 2.24) is 5.32 Å². The third-order valence-corrected chi connectivity index (χ3v) is 7.52. The molecule has 0 saturated heterocycles. The van der Waals surface area contributed by atoms with E-state index in [2.05, 4.69) is 5.32 Å². The van der Waals surface area contributed by atoms with Gasteiger partial charge >= 0.3 is 6.09 Å². The Morgan fingerprint density at radius 2 is 1.67 bits per heavy atom. The third kappa shape index (κ3) is 4.23. The lowest BCUT2D eigenvalue weighted by Gasteiger charge is -2.22. The highest BCUT2D eigenvalue weighted by Crippen LogP contribution is 2.56. The van der Waals surface area contributed by atoms with Gasteiger partial charge in [-0.05, 0) is 57.5 Å². The SMILES string of the molecule is Cc1ccc(S(=O)(=O)[C@@H]2[C@@H](c3ccc(Cl)cc3)[C@@]2(C=O)NC(=O)OC(C)(C)C)cc1. The molecular formula is C22H24ClNO5S. The minimum absolute atomic E-state index is 0.0896. The number of hydrogen-bond donors (Lipinski definition) is 1. The number of nitrogens with one attached hydrogen (secondary N) is 1. The Morgan fingerprint density at radius 3 is 2.17 bits per heavy atom. The zero-order chi connectivity index (χ0) is 22.3. The Balaban J connectivity index is 2.04. The molecule has 0 aromatic heterocycles. The fraction of sp³-hybridized carbons (Fsp3) is 0.364. The van der Waals surface area contributed by atoms with Gasteiger partial charge in [-0.1, -0.05) is 41.4 Å². The van der Waals surface area contributed by atoms with Crippen LogP contribution in [-0.4, -0.2) is 37.2 Å². The molecule has 160 valence electrons. The van der Waals surface area contributed by atoms with E-state index < -0.39 is 38.2 Å². The summed E-state index contributed by atoms with van der Waals surface area (Å²) >= 11 is 5.96. The number of benzene rings is 2. The van der Waals surface area contributed by atoms with Crippen LogP contribution >= 0.6 is 11.6 Å². The van der Waals surface area contributed by atoms with Gasteiger partial charge in [-0.3, -0.25) is 0 Å². The van der Waals surface area contributed by atoms with Crippen molar-refractivity contribution in [3.05, 3.63) is 64.7 Å². The van der Waals surface area contributed by atoms with Crippen molar-refractivity contribution in [2.24, 2.45) is 0 Å². The van der Waals surface area contributed by atoms with E-state index >= 15 is 0 Å². The molecule has 1 aliphatic carbocycles. The molecule has 0 radical (unpaired) electrons. The lowest BCUT2D eigenvalue weighted by Crippen LogP contribution is -2.45. The molecule has 3 atom stereocenters. The summed E-state index contributed by atoms with van der Waals surface area (Å²) in [5.74, 6) is -0.772. The van der Waals surface area contributed by atoms with Gasteiger partial charge in [0.05, 0.1) is 4.90 Å². The van der Waals surface area contributed by atoms with Gasteiger partial charge in [0.2, 0.25) is 0 Å². The number of amides is 1. The van der Waals surface area contributed by atoms with Crippen molar-refractivity contribution in [1.29, 1.82) is 0 Å². The number of carbonyl (C=O) groups excluding carboxylic acids is 2. The molecule has 0 aliphatic heterocycles. The number of ether oxygens (including phenoxy) is 1. The molecule has 0 unspecified atom stereocenters. The monoisotopic (exact) mass is 449 g/mol. The maximum absolute atomic E-state index is 13.4. The van der Waals surface area contributed by atoms with E-state index in [-0.39, 0.29) is 4.90 Å². The first-order valence-corrected chi connectivity index (χ1v) is 11.4. The molecule has 2 aromatic carbocycles. The summed E-state index contributed by atoms with van der Waals surface area (Å²) in [7, 11) is -3.93. The van der Waals surface area contributed by atoms with Crippen LogP contribution in [0.4, 0.5) is 4.79 Å². The summed E-state index contributed by atoms with van der Waals surface area (Å²) in [5, 5.41) is 1.85. The Hall–Kier alpha value is -2.38.